The lowest BCUT2D eigenvalue weighted by atomic mass is 9.88. The van der Waals surface area contributed by atoms with Crippen LogP contribution in [0.2, 0.25) is 0 Å². The van der Waals surface area contributed by atoms with Crippen molar-refractivity contribution in [1.82, 2.24) is 24.4 Å². The first kappa shape index (κ1) is 17.7. The molecule has 1 fully saturated rings. The Morgan fingerprint density at radius 1 is 1.21 bits per heavy atom. The van der Waals surface area contributed by atoms with E-state index in [-0.39, 0.29) is 18.1 Å². The molecule has 2 aromatic heterocycles. The molecule has 0 aliphatic carbocycles. The molecule has 0 saturated carbocycles. The van der Waals surface area contributed by atoms with Crippen molar-refractivity contribution in [2.75, 3.05) is 13.6 Å². The largest absolute Gasteiger partial charge is 0.326 e. The molecule has 5 rings (SSSR count). The van der Waals surface area contributed by atoms with Crippen LogP contribution in [0.4, 0.5) is 8.78 Å². The van der Waals surface area contributed by atoms with Crippen molar-refractivity contribution in [3.8, 4) is 0 Å². The fraction of sp³-hybridized carbons (Fsp3) is 0.400. The molecule has 0 radical (unpaired) electrons. The molecule has 1 saturated heterocycles. The predicted octanol–water partition coefficient (Wildman–Crippen LogP) is 2.10. The number of hydrogen-bond donors (Lipinski definition) is 1. The second-order valence-corrected chi connectivity index (χ2v) is 7.82. The minimum Gasteiger partial charge on any atom is -0.326 e. The molecule has 3 aromatic rings. The molecule has 146 valence electrons. The van der Waals surface area contributed by atoms with Crippen LogP contribution < -0.4 is 5.73 Å². The number of aromatic nitrogens is 3. The number of benzene rings is 1. The highest BCUT2D eigenvalue weighted by Crippen LogP contribution is 2.35. The van der Waals surface area contributed by atoms with Gasteiger partial charge in [0.05, 0.1) is 11.7 Å². The molecule has 28 heavy (non-hydrogen) atoms. The van der Waals surface area contributed by atoms with E-state index in [1.54, 1.807) is 6.20 Å². The summed E-state index contributed by atoms with van der Waals surface area (Å²) in [7, 11) is 1.93. The van der Waals surface area contributed by atoms with Gasteiger partial charge >= 0.3 is 0 Å². The molecule has 0 amide bonds. The maximum Gasteiger partial charge on any atom is 0.159 e. The summed E-state index contributed by atoms with van der Waals surface area (Å²) in [6, 6.07) is 5.06. The van der Waals surface area contributed by atoms with E-state index in [4.69, 9.17) is 5.73 Å². The molecule has 2 aliphatic rings. The Labute approximate surface area is 161 Å². The summed E-state index contributed by atoms with van der Waals surface area (Å²) in [6.07, 6.45) is 4.41. The van der Waals surface area contributed by atoms with Crippen molar-refractivity contribution in [2.45, 2.75) is 37.6 Å². The lowest BCUT2D eigenvalue weighted by Crippen LogP contribution is -2.54. The van der Waals surface area contributed by atoms with Gasteiger partial charge in [-0.15, -0.1) is 0 Å². The van der Waals surface area contributed by atoms with Gasteiger partial charge in [0.15, 0.2) is 5.65 Å². The number of likely N-dealkylation sites (tertiary alicyclic amines) is 1. The predicted molar refractivity (Wildman–Crippen MR) is 100 cm³/mol. The Morgan fingerprint density at radius 3 is 2.89 bits per heavy atom. The lowest BCUT2D eigenvalue weighted by Gasteiger charge is -2.44. The average Bonchev–Trinajstić information content (AvgIpc) is 3.22. The van der Waals surface area contributed by atoms with Crippen LogP contribution in [0, 0.1) is 11.6 Å². The Bertz CT molecular complexity index is 1020. The first-order chi connectivity index (χ1) is 13.5. The molecular formula is C20H22F2N6. The second kappa shape index (κ2) is 6.58. The minimum atomic E-state index is -0.440. The van der Waals surface area contributed by atoms with Crippen LogP contribution in [0.1, 0.15) is 29.3 Å². The van der Waals surface area contributed by atoms with Gasteiger partial charge in [-0.1, -0.05) is 0 Å². The van der Waals surface area contributed by atoms with E-state index in [1.165, 1.54) is 12.1 Å². The van der Waals surface area contributed by atoms with E-state index in [0.29, 0.717) is 12.0 Å². The summed E-state index contributed by atoms with van der Waals surface area (Å²) in [5, 5.41) is 4.64. The van der Waals surface area contributed by atoms with Gasteiger partial charge in [-0.05, 0) is 37.7 Å². The number of likely N-dealkylation sites (N-methyl/N-ethyl adjacent to an activating group) is 1. The van der Waals surface area contributed by atoms with E-state index in [2.05, 4.69) is 15.0 Å². The normalized spacial score (nSPS) is 26.1. The van der Waals surface area contributed by atoms with Gasteiger partial charge in [0.2, 0.25) is 0 Å². The maximum absolute atomic E-state index is 14.3. The molecule has 3 atom stereocenters. The third kappa shape index (κ3) is 2.80. The first-order valence-corrected chi connectivity index (χ1v) is 9.47. The SMILES string of the molecule is CN1C[C@H](N2Cc3nn4cccnc4c3C2)C[C@H](N)C1c1cc(F)ccc1F. The highest BCUT2D eigenvalue weighted by atomic mass is 19.1. The van der Waals surface area contributed by atoms with Gasteiger partial charge < -0.3 is 5.73 Å². The van der Waals surface area contributed by atoms with Crippen molar-refractivity contribution in [1.29, 1.82) is 0 Å². The van der Waals surface area contributed by atoms with Crippen LogP contribution in [-0.2, 0) is 13.1 Å². The van der Waals surface area contributed by atoms with Crippen LogP contribution in [0.15, 0.2) is 36.7 Å². The molecule has 6 nitrogen and oxygen atoms in total. The Hall–Kier alpha value is -2.42. The summed E-state index contributed by atoms with van der Waals surface area (Å²) < 4.78 is 29.8. The standard InChI is InChI=1S/C20H22F2N6/c1-26-9-13(8-17(23)19(26)14-7-12(21)3-4-16(14)22)27-10-15-18(11-27)25-28-6-2-5-24-20(15)28/h2-7,13,17,19H,8-11,23H2,1H3/t13-,17+,19?/m1/s1. The van der Waals surface area contributed by atoms with E-state index in [0.717, 1.165) is 42.6 Å². The van der Waals surface area contributed by atoms with E-state index in [1.807, 2.05) is 28.7 Å². The van der Waals surface area contributed by atoms with Crippen molar-refractivity contribution in [3.63, 3.8) is 0 Å². The Morgan fingerprint density at radius 2 is 2.07 bits per heavy atom. The number of hydrogen-bond acceptors (Lipinski definition) is 5. The fourth-order valence-electron chi connectivity index (χ4n) is 4.74. The lowest BCUT2D eigenvalue weighted by molar-refractivity contribution is 0.0587. The maximum atomic E-state index is 14.3. The highest BCUT2D eigenvalue weighted by Gasteiger charge is 2.39. The zero-order valence-corrected chi connectivity index (χ0v) is 15.6. The Balaban J connectivity index is 1.36. The van der Waals surface area contributed by atoms with Gasteiger partial charge in [-0.2, -0.15) is 5.10 Å². The molecule has 4 heterocycles. The number of piperidine rings is 1. The van der Waals surface area contributed by atoms with Crippen LogP contribution in [0.25, 0.3) is 5.65 Å². The molecule has 1 aromatic carbocycles. The summed E-state index contributed by atoms with van der Waals surface area (Å²) in [6.45, 7) is 2.26. The summed E-state index contributed by atoms with van der Waals surface area (Å²) >= 11 is 0. The molecule has 0 spiro atoms. The van der Waals surface area contributed by atoms with Crippen LogP contribution in [0.3, 0.4) is 0 Å². The van der Waals surface area contributed by atoms with Gasteiger partial charge in [0.1, 0.15) is 11.6 Å². The third-order valence-electron chi connectivity index (χ3n) is 6.00. The summed E-state index contributed by atoms with van der Waals surface area (Å²) in [5.74, 6) is -0.850. The minimum absolute atomic E-state index is 0.228. The summed E-state index contributed by atoms with van der Waals surface area (Å²) in [4.78, 5) is 8.86. The Kier molecular flexibility index (Phi) is 4.15. The topological polar surface area (TPSA) is 62.7 Å². The molecule has 0 bridgehead atoms. The smallest absolute Gasteiger partial charge is 0.159 e. The summed E-state index contributed by atoms with van der Waals surface area (Å²) in [5.41, 5.74) is 9.90. The van der Waals surface area contributed by atoms with Crippen molar-refractivity contribution >= 4 is 5.65 Å². The van der Waals surface area contributed by atoms with Gasteiger partial charge in [0, 0.05) is 55.2 Å². The quantitative estimate of drug-likeness (QED) is 0.733. The second-order valence-electron chi connectivity index (χ2n) is 7.82. The first-order valence-electron chi connectivity index (χ1n) is 9.47. The van der Waals surface area contributed by atoms with Crippen LogP contribution >= 0.6 is 0 Å². The zero-order valence-electron chi connectivity index (χ0n) is 15.6. The monoisotopic (exact) mass is 384 g/mol. The van der Waals surface area contributed by atoms with E-state index in [9.17, 15) is 8.78 Å². The van der Waals surface area contributed by atoms with Gasteiger partial charge in [0.25, 0.3) is 0 Å². The van der Waals surface area contributed by atoms with Crippen molar-refractivity contribution in [2.24, 2.45) is 5.73 Å². The van der Waals surface area contributed by atoms with Gasteiger partial charge in [-0.3, -0.25) is 9.80 Å². The van der Waals surface area contributed by atoms with Crippen LogP contribution in [-0.4, -0.2) is 50.1 Å². The third-order valence-corrected chi connectivity index (χ3v) is 6.00. The molecule has 1 unspecified atom stereocenters. The molecule has 8 heteroatoms. The average molecular weight is 384 g/mol. The number of fused-ring (bicyclic) bond motifs is 3. The fourth-order valence-corrected chi connectivity index (χ4v) is 4.74. The number of nitrogens with two attached hydrogens (primary N) is 1. The number of halogens is 2. The van der Waals surface area contributed by atoms with E-state index >= 15 is 0 Å². The van der Waals surface area contributed by atoms with Crippen molar-refractivity contribution in [3.05, 3.63) is 65.1 Å². The number of rotatable bonds is 2. The zero-order chi connectivity index (χ0) is 19.4. The highest BCUT2D eigenvalue weighted by molar-refractivity contribution is 5.51. The molecular weight excluding hydrogens is 362 g/mol. The number of nitrogens with zero attached hydrogens (tertiary/aromatic N) is 5. The molecule has 2 N–H and O–H groups in total. The van der Waals surface area contributed by atoms with Crippen molar-refractivity contribution < 1.29 is 8.78 Å². The van der Waals surface area contributed by atoms with Crippen LogP contribution in [0.5, 0.6) is 0 Å². The van der Waals surface area contributed by atoms with Gasteiger partial charge in [-0.25, -0.2) is 18.3 Å². The van der Waals surface area contributed by atoms with E-state index < -0.39 is 11.6 Å². The molecule has 2 aliphatic heterocycles.